The molecule has 2 heterocycles. The van der Waals surface area contributed by atoms with Crippen molar-refractivity contribution in [2.45, 2.75) is 19.3 Å². The number of urea groups is 1. The lowest BCUT2D eigenvalue weighted by Crippen LogP contribution is -2.29. The van der Waals surface area contributed by atoms with Crippen molar-refractivity contribution in [3.05, 3.63) is 35.3 Å². The molecule has 5 nitrogen and oxygen atoms in total. The number of nitrogens with zero attached hydrogens (tertiary/aromatic N) is 2. The molecule has 0 aliphatic carbocycles. The van der Waals surface area contributed by atoms with Crippen molar-refractivity contribution in [1.82, 2.24) is 10.2 Å². The van der Waals surface area contributed by atoms with Gasteiger partial charge in [0, 0.05) is 31.4 Å². The van der Waals surface area contributed by atoms with Crippen LogP contribution in [0.2, 0.25) is 0 Å². The number of hydrogen-bond acceptors (Lipinski definition) is 3. The van der Waals surface area contributed by atoms with Gasteiger partial charge < -0.3 is 10.2 Å². The number of likely N-dealkylation sites (N-methyl/N-ethyl adjacent to an activating group) is 1. The number of imide groups is 1. The minimum absolute atomic E-state index is 0.0946. The summed E-state index contributed by atoms with van der Waals surface area (Å²) < 4.78 is 14.3. The zero-order chi connectivity index (χ0) is 15.7. The number of benzene rings is 1. The molecule has 0 saturated carbocycles. The van der Waals surface area contributed by atoms with E-state index in [2.05, 4.69) is 10.2 Å². The summed E-state index contributed by atoms with van der Waals surface area (Å²) in [6.45, 7) is 1.89. The first kappa shape index (κ1) is 14.6. The monoisotopic (exact) mass is 303 g/mol. The SMILES string of the molecule is CN1C(=O)N/C(=C/c2ccc(N3CCCCC3)cc2F)C1=O. The normalized spacial score (nSPS) is 20.7. The number of halogens is 1. The van der Waals surface area contributed by atoms with Gasteiger partial charge in [-0.2, -0.15) is 0 Å². The Bertz CT molecular complexity index is 651. The molecule has 1 N–H and O–H groups in total. The Morgan fingerprint density at radius 1 is 1.18 bits per heavy atom. The van der Waals surface area contributed by atoms with Crippen LogP contribution in [-0.4, -0.2) is 37.0 Å². The predicted octanol–water partition coefficient (Wildman–Crippen LogP) is 2.34. The summed E-state index contributed by atoms with van der Waals surface area (Å²) >= 11 is 0. The maximum atomic E-state index is 14.3. The Kier molecular flexibility index (Phi) is 3.83. The molecule has 0 atom stereocenters. The highest BCUT2D eigenvalue weighted by molar-refractivity contribution is 6.13. The predicted molar refractivity (Wildman–Crippen MR) is 81.7 cm³/mol. The van der Waals surface area contributed by atoms with E-state index in [4.69, 9.17) is 0 Å². The number of hydrogen-bond donors (Lipinski definition) is 1. The molecule has 0 aromatic heterocycles. The fourth-order valence-corrected chi connectivity index (χ4v) is 2.76. The molecular formula is C16H18FN3O2. The maximum Gasteiger partial charge on any atom is 0.328 e. The van der Waals surface area contributed by atoms with Gasteiger partial charge in [-0.1, -0.05) is 0 Å². The van der Waals surface area contributed by atoms with E-state index in [9.17, 15) is 14.0 Å². The van der Waals surface area contributed by atoms with Crippen molar-refractivity contribution in [3.8, 4) is 0 Å². The fraction of sp³-hybridized carbons (Fsp3) is 0.375. The molecule has 3 amide bonds. The quantitative estimate of drug-likeness (QED) is 0.674. The van der Waals surface area contributed by atoms with Crippen molar-refractivity contribution >= 4 is 23.7 Å². The Morgan fingerprint density at radius 2 is 1.91 bits per heavy atom. The first-order chi connectivity index (χ1) is 10.6. The summed E-state index contributed by atoms with van der Waals surface area (Å²) in [6.07, 6.45) is 4.85. The van der Waals surface area contributed by atoms with Gasteiger partial charge in [-0.05, 0) is 43.5 Å². The van der Waals surface area contributed by atoms with E-state index >= 15 is 0 Å². The first-order valence-electron chi connectivity index (χ1n) is 7.41. The van der Waals surface area contributed by atoms with Crippen LogP contribution < -0.4 is 10.2 Å². The van der Waals surface area contributed by atoms with Crippen LogP contribution in [-0.2, 0) is 4.79 Å². The standard InChI is InChI=1S/C16H18FN3O2/c1-19-15(21)14(18-16(19)22)9-11-5-6-12(10-13(11)17)20-7-3-2-4-8-20/h5-6,9-10H,2-4,7-8H2,1H3,(H,18,22)/b14-9+. The zero-order valence-electron chi connectivity index (χ0n) is 12.4. The molecule has 0 spiro atoms. The molecule has 1 aromatic rings. The number of amides is 3. The number of rotatable bonds is 2. The number of anilines is 1. The molecule has 0 radical (unpaired) electrons. The van der Waals surface area contributed by atoms with Gasteiger partial charge in [0.1, 0.15) is 11.5 Å². The molecule has 1 aromatic carbocycles. The molecule has 0 bridgehead atoms. The van der Waals surface area contributed by atoms with Crippen LogP contribution in [0.25, 0.3) is 6.08 Å². The van der Waals surface area contributed by atoms with E-state index in [0.717, 1.165) is 36.5 Å². The Balaban J connectivity index is 1.84. The lowest BCUT2D eigenvalue weighted by atomic mass is 10.1. The van der Waals surface area contributed by atoms with Gasteiger partial charge >= 0.3 is 6.03 Å². The molecule has 0 unspecified atom stereocenters. The molecule has 2 aliphatic heterocycles. The summed E-state index contributed by atoms with van der Waals surface area (Å²) in [4.78, 5) is 26.3. The fourth-order valence-electron chi connectivity index (χ4n) is 2.76. The first-order valence-corrected chi connectivity index (χ1v) is 7.41. The van der Waals surface area contributed by atoms with E-state index < -0.39 is 17.8 Å². The summed E-state index contributed by atoms with van der Waals surface area (Å²) in [5, 5.41) is 2.43. The topological polar surface area (TPSA) is 52.7 Å². The summed E-state index contributed by atoms with van der Waals surface area (Å²) in [7, 11) is 1.38. The van der Waals surface area contributed by atoms with Crippen LogP contribution in [0.1, 0.15) is 24.8 Å². The average molecular weight is 303 g/mol. The molecule has 3 rings (SSSR count). The van der Waals surface area contributed by atoms with Crippen LogP contribution in [0, 0.1) is 5.82 Å². The molecule has 2 fully saturated rings. The van der Waals surface area contributed by atoms with Crippen LogP contribution in [0.4, 0.5) is 14.9 Å². The highest BCUT2D eigenvalue weighted by Crippen LogP contribution is 2.24. The lowest BCUT2D eigenvalue weighted by molar-refractivity contribution is -0.121. The maximum absolute atomic E-state index is 14.3. The highest BCUT2D eigenvalue weighted by atomic mass is 19.1. The molecule has 2 saturated heterocycles. The van der Waals surface area contributed by atoms with E-state index in [1.165, 1.54) is 25.6 Å². The van der Waals surface area contributed by atoms with Crippen molar-refractivity contribution in [1.29, 1.82) is 0 Å². The van der Waals surface area contributed by atoms with Gasteiger partial charge in [-0.3, -0.25) is 9.69 Å². The minimum atomic E-state index is -0.499. The molecule has 22 heavy (non-hydrogen) atoms. The minimum Gasteiger partial charge on any atom is -0.371 e. The molecule has 2 aliphatic rings. The van der Waals surface area contributed by atoms with Gasteiger partial charge in [0.25, 0.3) is 5.91 Å². The van der Waals surface area contributed by atoms with Crippen LogP contribution in [0.5, 0.6) is 0 Å². The summed E-state index contributed by atoms with van der Waals surface area (Å²) in [5.41, 5.74) is 1.25. The average Bonchev–Trinajstić information content (AvgIpc) is 2.77. The molecule has 116 valence electrons. The van der Waals surface area contributed by atoms with E-state index in [1.54, 1.807) is 6.07 Å². The third-order valence-corrected chi connectivity index (χ3v) is 4.09. The second-order valence-corrected chi connectivity index (χ2v) is 5.61. The Labute approximate surface area is 128 Å². The van der Waals surface area contributed by atoms with Crippen LogP contribution in [0.3, 0.4) is 0 Å². The van der Waals surface area contributed by atoms with Crippen molar-refractivity contribution in [3.63, 3.8) is 0 Å². The van der Waals surface area contributed by atoms with Gasteiger partial charge in [-0.15, -0.1) is 0 Å². The van der Waals surface area contributed by atoms with E-state index in [-0.39, 0.29) is 5.70 Å². The second-order valence-electron chi connectivity index (χ2n) is 5.61. The number of carbonyl (C=O) groups excluding carboxylic acids is 2. The van der Waals surface area contributed by atoms with Gasteiger partial charge in [-0.25, -0.2) is 9.18 Å². The number of piperidine rings is 1. The molecule has 6 heteroatoms. The van der Waals surface area contributed by atoms with Gasteiger partial charge in [0.2, 0.25) is 0 Å². The zero-order valence-corrected chi connectivity index (χ0v) is 12.4. The van der Waals surface area contributed by atoms with E-state index in [1.807, 2.05) is 6.07 Å². The van der Waals surface area contributed by atoms with Crippen LogP contribution >= 0.6 is 0 Å². The van der Waals surface area contributed by atoms with Crippen LogP contribution in [0.15, 0.2) is 23.9 Å². The van der Waals surface area contributed by atoms with Crippen molar-refractivity contribution in [2.75, 3.05) is 25.0 Å². The lowest BCUT2D eigenvalue weighted by Gasteiger charge is -2.28. The van der Waals surface area contributed by atoms with Gasteiger partial charge in [0.15, 0.2) is 0 Å². The number of carbonyl (C=O) groups is 2. The third kappa shape index (κ3) is 2.68. The molecular weight excluding hydrogens is 285 g/mol. The second kappa shape index (κ2) is 5.79. The third-order valence-electron chi connectivity index (χ3n) is 4.09. The smallest absolute Gasteiger partial charge is 0.328 e. The Morgan fingerprint density at radius 3 is 2.50 bits per heavy atom. The summed E-state index contributed by atoms with van der Waals surface area (Å²) in [5.74, 6) is -0.850. The number of nitrogens with one attached hydrogen (secondary N) is 1. The Hall–Kier alpha value is -2.37. The highest BCUT2D eigenvalue weighted by Gasteiger charge is 2.30. The summed E-state index contributed by atoms with van der Waals surface area (Å²) in [6, 6.07) is 4.49. The van der Waals surface area contributed by atoms with Crippen molar-refractivity contribution in [2.24, 2.45) is 0 Å². The van der Waals surface area contributed by atoms with Crippen molar-refractivity contribution < 1.29 is 14.0 Å². The van der Waals surface area contributed by atoms with E-state index in [0.29, 0.717) is 5.56 Å². The van der Waals surface area contributed by atoms with Gasteiger partial charge in [0.05, 0.1) is 0 Å². The largest absolute Gasteiger partial charge is 0.371 e.